The average Bonchev–Trinajstić information content (AvgIpc) is 3.11. The van der Waals surface area contributed by atoms with Crippen LogP contribution in [0.25, 0.3) is 0 Å². The molecule has 0 N–H and O–H groups in total. The maximum absolute atomic E-state index is 13.8. The van der Waals surface area contributed by atoms with Gasteiger partial charge in [0.2, 0.25) is 0 Å². The maximum Gasteiger partial charge on any atom is 0.283 e. The van der Waals surface area contributed by atoms with E-state index in [2.05, 4.69) is 21.9 Å². The zero-order chi connectivity index (χ0) is 24.5. The van der Waals surface area contributed by atoms with Gasteiger partial charge in [0.05, 0.1) is 5.69 Å². The Labute approximate surface area is 215 Å². The Morgan fingerprint density at radius 1 is 0.771 bits per heavy atom. The highest BCUT2D eigenvalue weighted by atomic mass is 35.5. The first-order chi connectivity index (χ1) is 16.9. The van der Waals surface area contributed by atoms with Gasteiger partial charge in [-0.05, 0) is 67.4 Å². The van der Waals surface area contributed by atoms with Crippen LogP contribution in [-0.4, -0.2) is 42.9 Å². The van der Waals surface area contributed by atoms with Crippen LogP contribution in [0, 0.1) is 13.8 Å². The molecule has 2 heterocycles. The summed E-state index contributed by atoms with van der Waals surface area (Å²) >= 11 is 7.40. The van der Waals surface area contributed by atoms with Crippen LogP contribution in [0.4, 0.5) is 11.4 Å². The van der Waals surface area contributed by atoms with Crippen molar-refractivity contribution >= 4 is 46.6 Å². The molecule has 0 aromatic heterocycles. The zero-order valence-corrected chi connectivity index (χ0v) is 21.3. The molecular formula is C28H26ClN3O2S. The fraction of sp³-hybridized carbons (Fsp3) is 0.214. The molecule has 0 radical (unpaired) electrons. The van der Waals surface area contributed by atoms with Crippen LogP contribution in [-0.2, 0) is 9.59 Å². The number of hydrogen-bond donors (Lipinski definition) is 0. The number of amides is 2. The van der Waals surface area contributed by atoms with E-state index in [1.165, 1.54) is 22.3 Å². The molecule has 5 rings (SSSR count). The second-order valence-electron chi connectivity index (χ2n) is 8.78. The smallest absolute Gasteiger partial charge is 0.283 e. The van der Waals surface area contributed by atoms with Crippen molar-refractivity contribution in [1.82, 2.24) is 4.90 Å². The number of aryl methyl sites for hydroxylation is 2. The van der Waals surface area contributed by atoms with Crippen LogP contribution in [0.2, 0.25) is 5.02 Å². The van der Waals surface area contributed by atoms with Crippen LogP contribution >= 0.6 is 23.4 Å². The number of nitrogens with zero attached hydrogens (tertiary/aromatic N) is 3. The Kier molecular flexibility index (Phi) is 6.58. The lowest BCUT2D eigenvalue weighted by atomic mass is 10.1. The molecule has 3 aromatic rings. The van der Waals surface area contributed by atoms with E-state index in [9.17, 15) is 9.59 Å². The van der Waals surface area contributed by atoms with Gasteiger partial charge in [-0.25, -0.2) is 4.90 Å². The van der Waals surface area contributed by atoms with Gasteiger partial charge in [0, 0.05) is 41.8 Å². The van der Waals surface area contributed by atoms with Gasteiger partial charge >= 0.3 is 0 Å². The molecule has 2 aliphatic heterocycles. The van der Waals surface area contributed by atoms with Crippen molar-refractivity contribution in [3.8, 4) is 0 Å². The van der Waals surface area contributed by atoms with Crippen molar-refractivity contribution in [3.05, 3.63) is 99.5 Å². The number of piperazine rings is 1. The van der Waals surface area contributed by atoms with Crippen LogP contribution < -0.4 is 9.80 Å². The van der Waals surface area contributed by atoms with E-state index >= 15 is 0 Å². The van der Waals surface area contributed by atoms with Gasteiger partial charge in [-0.1, -0.05) is 53.7 Å². The summed E-state index contributed by atoms with van der Waals surface area (Å²) in [6.45, 7) is 6.77. The highest BCUT2D eigenvalue weighted by Crippen LogP contribution is 2.40. The van der Waals surface area contributed by atoms with Crippen molar-refractivity contribution in [3.63, 3.8) is 0 Å². The summed E-state index contributed by atoms with van der Waals surface area (Å²) in [7, 11) is 0. The molecule has 1 fully saturated rings. The topological polar surface area (TPSA) is 43.9 Å². The lowest BCUT2D eigenvalue weighted by Crippen LogP contribution is -2.47. The highest BCUT2D eigenvalue weighted by molar-refractivity contribution is 8.04. The Balaban J connectivity index is 1.48. The lowest BCUT2D eigenvalue weighted by Gasteiger charge is -2.37. The van der Waals surface area contributed by atoms with Gasteiger partial charge in [-0.2, -0.15) is 0 Å². The minimum absolute atomic E-state index is 0.256. The second-order valence-corrected chi connectivity index (χ2v) is 10.3. The first-order valence-electron chi connectivity index (χ1n) is 11.6. The molecule has 0 bridgehead atoms. The van der Waals surface area contributed by atoms with E-state index < -0.39 is 0 Å². The van der Waals surface area contributed by atoms with Crippen LogP contribution in [0.1, 0.15) is 11.1 Å². The lowest BCUT2D eigenvalue weighted by molar-refractivity contribution is -0.121. The number of imide groups is 1. The number of carbonyl (C=O) groups is 2. The molecule has 0 saturated carbocycles. The van der Waals surface area contributed by atoms with Crippen molar-refractivity contribution < 1.29 is 9.59 Å². The maximum atomic E-state index is 13.8. The summed E-state index contributed by atoms with van der Waals surface area (Å²) in [5, 5.41) is 0.631. The summed E-state index contributed by atoms with van der Waals surface area (Å²) in [4.78, 5) is 34.7. The average molecular weight is 504 g/mol. The third-order valence-corrected chi connectivity index (χ3v) is 7.71. The van der Waals surface area contributed by atoms with E-state index in [-0.39, 0.29) is 11.8 Å². The van der Waals surface area contributed by atoms with Gasteiger partial charge in [0.25, 0.3) is 11.8 Å². The molecule has 7 heteroatoms. The van der Waals surface area contributed by atoms with Crippen molar-refractivity contribution in [2.45, 2.75) is 18.7 Å². The minimum Gasteiger partial charge on any atom is -0.368 e. The zero-order valence-electron chi connectivity index (χ0n) is 19.7. The van der Waals surface area contributed by atoms with Crippen molar-refractivity contribution in [2.24, 2.45) is 0 Å². The summed E-state index contributed by atoms with van der Waals surface area (Å²) in [6, 6.07) is 23.5. The van der Waals surface area contributed by atoms with Gasteiger partial charge < -0.3 is 9.80 Å². The third kappa shape index (κ3) is 4.68. The molecule has 0 atom stereocenters. The standard InChI is InChI=1S/C28H26ClN3O2S/c1-19-8-9-20(2)24(18-19)32-27(33)25(26(28(32)34)35-23-12-10-21(29)11-13-23)31-16-14-30(15-17-31)22-6-4-3-5-7-22/h3-13,18H,14-17H2,1-2H3. The molecule has 0 spiro atoms. The number of anilines is 2. The van der Waals surface area contributed by atoms with Crippen molar-refractivity contribution in [1.29, 1.82) is 0 Å². The number of hydrogen-bond acceptors (Lipinski definition) is 5. The Morgan fingerprint density at radius 3 is 2.11 bits per heavy atom. The fourth-order valence-electron chi connectivity index (χ4n) is 4.50. The summed E-state index contributed by atoms with van der Waals surface area (Å²) in [5.74, 6) is -0.530. The van der Waals surface area contributed by atoms with E-state index in [4.69, 9.17) is 11.6 Å². The number of carbonyl (C=O) groups excluding carboxylic acids is 2. The summed E-state index contributed by atoms with van der Waals surface area (Å²) < 4.78 is 0. The number of halogens is 1. The molecule has 2 amide bonds. The van der Waals surface area contributed by atoms with E-state index in [0.29, 0.717) is 34.4 Å². The normalized spacial score (nSPS) is 16.5. The first kappa shape index (κ1) is 23.5. The van der Waals surface area contributed by atoms with Crippen LogP contribution in [0.15, 0.2) is 88.3 Å². The van der Waals surface area contributed by atoms with Gasteiger partial charge in [-0.15, -0.1) is 0 Å². The summed E-state index contributed by atoms with van der Waals surface area (Å²) in [6.07, 6.45) is 0. The number of thioether (sulfide) groups is 1. The van der Waals surface area contributed by atoms with Gasteiger partial charge in [0.15, 0.2) is 0 Å². The van der Waals surface area contributed by atoms with Gasteiger partial charge in [0.1, 0.15) is 10.6 Å². The minimum atomic E-state index is -0.274. The number of para-hydroxylation sites is 1. The molecule has 5 nitrogen and oxygen atoms in total. The molecule has 35 heavy (non-hydrogen) atoms. The molecule has 2 aliphatic rings. The predicted octanol–water partition coefficient (Wildman–Crippen LogP) is 5.66. The summed E-state index contributed by atoms with van der Waals surface area (Å²) in [5.41, 5.74) is 4.20. The van der Waals surface area contributed by atoms with E-state index in [1.54, 1.807) is 12.1 Å². The highest BCUT2D eigenvalue weighted by Gasteiger charge is 2.43. The molecule has 0 aliphatic carbocycles. The quantitative estimate of drug-likeness (QED) is 0.420. The largest absolute Gasteiger partial charge is 0.368 e. The Hall–Kier alpha value is -3.22. The molecule has 3 aromatic carbocycles. The van der Waals surface area contributed by atoms with E-state index in [1.807, 2.05) is 62.4 Å². The second kappa shape index (κ2) is 9.80. The van der Waals surface area contributed by atoms with E-state index in [0.717, 1.165) is 29.1 Å². The fourth-order valence-corrected chi connectivity index (χ4v) is 5.62. The molecule has 178 valence electrons. The molecule has 1 saturated heterocycles. The van der Waals surface area contributed by atoms with Crippen LogP contribution in [0.5, 0.6) is 0 Å². The van der Waals surface area contributed by atoms with Gasteiger partial charge in [-0.3, -0.25) is 9.59 Å². The monoisotopic (exact) mass is 503 g/mol. The number of rotatable bonds is 5. The van der Waals surface area contributed by atoms with Crippen molar-refractivity contribution in [2.75, 3.05) is 36.0 Å². The van der Waals surface area contributed by atoms with Crippen LogP contribution in [0.3, 0.4) is 0 Å². The molecular weight excluding hydrogens is 478 g/mol. The predicted molar refractivity (Wildman–Crippen MR) is 143 cm³/mol. The Morgan fingerprint density at radius 2 is 1.43 bits per heavy atom. The first-order valence-corrected chi connectivity index (χ1v) is 12.8. The molecule has 0 unspecified atom stereocenters. The Bertz CT molecular complexity index is 1300. The SMILES string of the molecule is Cc1ccc(C)c(N2C(=O)C(Sc3ccc(Cl)cc3)=C(N3CCN(c4ccccc4)CC3)C2=O)c1. The third-order valence-electron chi connectivity index (χ3n) is 6.37. The number of benzene rings is 3.